The van der Waals surface area contributed by atoms with E-state index in [0.717, 1.165) is 17.5 Å². The van der Waals surface area contributed by atoms with Gasteiger partial charge >= 0.3 is 0 Å². The van der Waals surface area contributed by atoms with Crippen LogP contribution < -0.4 is 0 Å². The van der Waals surface area contributed by atoms with E-state index in [0.29, 0.717) is 12.8 Å². The summed E-state index contributed by atoms with van der Waals surface area (Å²) in [5.74, 6) is 0. The van der Waals surface area contributed by atoms with Gasteiger partial charge < -0.3 is 10.2 Å². The van der Waals surface area contributed by atoms with Crippen molar-refractivity contribution < 1.29 is 10.2 Å². The SMILES string of the molecule is CC[C@]1(O)CCc2ccccc2[C@@]1(C)O. The number of aliphatic hydroxyl groups is 2. The van der Waals surface area contributed by atoms with Crippen molar-refractivity contribution in [1.82, 2.24) is 0 Å². The average Bonchev–Trinajstić information content (AvgIpc) is 2.24. The summed E-state index contributed by atoms with van der Waals surface area (Å²) >= 11 is 0. The lowest BCUT2D eigenvalue weighted by atomic mass is 9.68. The first kappa shape index (κ1) is 10.7. The van der Waals surface area contributed by atoms with Gasteiger partial charge in [0.25, 0.3) is 0 Å². The standard InChI is InChI=1S/C13H18O2/c1-3-13(15)9-8-10-6-4-5-7-11(10)12(13,2)14/h4-7,14-15H,3,8-9H2,1-2H3/t12-,13+/m1/s1. The van der Waals surface area contributed by atoms with Crippen LogP contribution >= 0.6 is 0 Å². The highest BCUT2D eigenvalue weighted by atomic mass is 16.4. The Kier molecular flexibility index (Phi) is 2.36. The Morgan fingerprint density at radius 3 is 2.60 bits per heavy atom. The van der Waals surface area contributed by atoms with Gasteiger partial charge in [0.05, 0.1) is 5.60 Å². The van der Waals surface area contributed by atoms with Gasteiger partial charge in [-0.25, -0.2) is 0 Å². The summed E-state index contributed by atoms with van der Waals surface area (Å²) in [6.07, 6.45) is 2.05. The Hall–Kier alpha value is -0.860. The van der Waals surface area contributed by atoms with Crippen LogP contribution in [-0.2, 0) is 12.0 Å². The summed E-state index contributed by atoms with van der Waals surface area (Å²) in [4.78, 5) is 0. The highest BCUT2D eigenvalue weighted by Crippen LogP contribution is 2.43. The normalized spacial score (nSPS) is 34.9. The Morgan fingerprint density at radius 2 is 1.93 bits per heavy atom. The third-order valence-corrected chi connectivity index (χ3v) is 3.84. The second kappa shape index (κ2) is 3.32. The van der Waals surface area contributed by atoms with Crippen LogP contribution in [0.3, 0.4) is 0 Å². The number of fused-ring (bicyclic) bond motifs is 1. The van der Waals surface area contributed by atoms with E-state index in [4.69, 9.17) is 0 Å². The third-order valence-electron chi connectivity index (χ3n) is 3.84. The molecule has 1 aromatic rings. The van der Waals surface area contributed by atoms with Gasteiger partial charge in [0.1, 0.15) is 5.60 Å². The molecule has 2 atom stereocenters. The van der Waals surface area contributed by atoms with Crippen molar-refractivity contribution >= 4 is 0 Å². The molecule has 0 aromatic heterocycles. The van der Waals surface area contributed by atoms with Gasteiger partial charge in [-0.05, 0) is 37.3 Å². The Morgan fingerprint density at radius 1 is 1.27 bits per heavy atom. The predicted octanol–water partition coefficient (Wildman–Crippen LogP) is 1.98. The molecule has 1 aromatic carbocycles. The second-order valence-electron chi connectivity index (χ2n) is 4.61. The van der Waals surface area contributed by atoms with Gasteiger partial charge in [-0.3, -0.25) is 0 Å². The Labute approximate surface area is 90.6 Å². The van der Waals surface area contributed by atoms with E-state index in [9.17, 15) is 10.2 Å². The molecular formula is C13H18O2. The summed E-state index contributed by atoms with van der Waals surface area (Å²) in [6.45, 7) is 3.64. The number of hydrogen-bond acceptors (Lipinski definition) is 2. The van der Waals surface area contributed by atoms with E-state index in [1.165, 1.54) is 0 Å². The molecule has 0 fully saturated rings. The fraction of sp³-hybridized carbons (Fsp3) is 0.538. The van der Waals surface area contributed by atoms with Crippen LogP contribution in [0.4, 0.5) is 0 Å². The maximum absolute atomic E-state index is 10.5. The van der Waals surface area contributed by atoms with Crippen LogP contribution in [0, 0.1) is 0 Å². The van der Waals surface area contributed by atoms with E-state index in [1.807, 2.05) is 31.2 Å². The quantitative estimate of drug-likeness (QED) is 0.737. The predicted molar refractivity (Wildman–Crippen MR) is 59.6 cm³/mol. The lowest BCUT2D eigenvalue weighted by Crippen LogP contribution is -2.52. The molecule has 0 heterocycles. The first-order valence-corrected chi connectivity index (χ1v) is 5.54. The van der Waals surface area contributed by atoms with Crippen molar-refractivity contribution in [3.63, 3.8) is 0 Å². The smallest absolute Gasteiger partial charge is 0.116 e. The molecule has 0 unspecified atom stereocenters. The Bertz CT molecular complexity index is 371. The molecule has 2 N–H and O–H groups in total. The van der Waals surface area contributed by atoms with E-state index < -0.39 is 11.2 Å². The van der Waals surface area contributed by atoms with E-state index >= 15 is 0 Å². The largest absolute Gasteiger partial charge is 0.387 e. The van der Waals surface area contributed by atoms with Gasteiger partial charge in [0, 0.05) is 0 Å². The monoisotopic (exact) mass is 206 g/mol. The highest BCUT2D eigenvalue weighted by Gasteiger charge is 2.48. The first-order valence-electron chi connectivity index (χ1n) is 5.54. The molecule has 1 aliphatic rings. The minimum Gasteiger partial charge on any atom is -0.387 e. The lowest BCUT2D eigenvalue weighted by Gasteiger charge is -2.45. The molecular weight excluding hydrogens is 188 g/mol. The molecule has 0 radical (unpaired) electrons. The molecule has 0 amide bonds. The molecule has 0 spiro atoms. The Balaban J connectivity index is 2.54. The molecule has 2 rings (SSSR count). The maximum atomic E-state index is 10.5. The van der Waals surface area contributed by atoms with Crippen LogP contribution in [0.2, 0.25) is 0 Å². The second-order valence-corrected chi connectivity index (χ2v) is 4.61. The number of aryl methyl sites for hydroxylation is 1. The van der Waals surface area contributed by atoms with Gasteiger partial charge in [0.2, 0.25) is 0 Å². The summed E-state index contributed by atoms with van der Waals surface area (Å²) in [7, 11) is 0. The van der Waals surface area contributed by atoms with Crippen molar-refractivity contribution in [3.05, 3.63) is 35.4 Å². The summed E-state index contributed by atoms with van der Waals surface area (Å²) in [6, 6.07) is 7.83. The number of hydrogen-bond donors (Lipinski definition) is 2. The van der Waals surface area contributed by atoms with Crippen LogP contribution in [0.5, 0.6) is 0 Å². The van der Waals surface area contributed by atoms with Crippen molar-refractivity contribution in [1.29, 1.82) is 0 Å². The molecule has 15 heavy (non-hydrogen) atoms. The highest BCUT2D eigenvalue weighted by molar-refractivity contribution is 5.37. The van der Waals surface area contributed by atoms with Crippen molar-refractivity contribution in [2.75, 3.05) is 0 Å². The molecule has 0 aliphatic heterocycles. The van der Waals surface area contributed by atoms with Gasteiger partial charge in [-0.15, -0.1) is 0 Å². The maximum Gasteiger partial charge on any atom is 0.116 e. The average molecular weight is 206 g/mol. The van der Waals surface area contributed by atoms with E-state index in [-0.39, 0.29) is 0 Å². The number of rotatable bonds is 1. The molecule has 0 saturated carbocycles. The zero-order valence-electron chi connectivity index (χ0n) is 9.33. The van der Waals surface area contributed by atoms with Crippen LogP contribution in [0.15, 0.2) is 24.3 Å². The number of benzene rings is 1. The lowest BCUT2D eigenvalue weighted by molar-refractivity contribution is -0.159. The minimum atomic E-state index is -1.13. The molecule has 2 nitrogen and oxygen atoms in total. The summed E-state index contributed by atoms with van der Waals surface area (Å²) in [5.41, 5.74) is -0.0842. The van der Waals surface area contributed by atoms with Crippen LogP contribution in [0.1, 0.15) is 37.8 Å². The van der Waals surface area contributed by atoms with Crippen molar-refractivity contribution in [2.24, 2.45) is 0 Å². The van der Waals surface area contributed by atoms with Gasteiger partial charge in [-0.2, -0.15) is 0 Å². The molecule has 1 aliphatic carbocycles. The third kappa shape index (κ3) is 1.40. The van der Waals surface area contributed by atoms with Crippen molar-refractivity contribution in [3.8, 4) is 0 Å². The van der Waals surface area contributed by atoms with Crippen molar-refractivity contribution in [2.45, 2.75) is 44.3 Å². The first-order chi connectivity index (χ1) is 7.01. The molecule has 2 heteroatoms. The molecule has 82 valence electrons. The van der Waals surface area contributed by atoms with Crippen LogP contribution in [-0.4, -0.2) is 15.8 Å². The van der Waals surface area contributed by atoms with Gasteiger partial charge in [0.15, 0.2) is 0 Å². The zero-order chi connectivity index (χ0) is 11.1. The minimum absolute atomic E-state index is 0.578. The van der Waals surface area contributed by atoms with E-state index in [1.54, 1.807) is 6.92 Å². The zero-order valence-corrected chi connectivity index (χ0v) is 9.33. The van der Waals surface area contributed by atoms with E-state index in [2.05, 4.69) is 0 Å². The summed E-state index contributed by atoms with van der Waals surface area (Å²) in [5, 5.41) is 20.9. The fourth-order valence-corrected chi connectivity index (χ4v) is 2.57. The molecule has 0 bridgehead atoms. The van der Waals surface area contributed by atoms with Crippen LogP contribution in [0.25, 0.3) is 0 Å². The summed E-state index contributed by atoms with van der Waals surface area (Å²) < 4.78 is 0. The van der Waals surface area contributed by atoms with Gasteiger partial charge in [-0.1, -0.05) is 31.2 Å². The topological polar surface area (TPSA) is 40.5 Å². The fourth-order valence-electron chi connectivity index (χ4n) is 2.57. The molecule has 0 saturated heterocycles.